The SMILES string of the molecule is COCC1CCN1CC=CC(=O)Nc1cc2c(Nc3ccc(F)c(Cl)c3)ncnc2cc1O. The van der Waals surface area contributed by atoms with Crippen LogP contribution in [0, 0.1) is 5.82 Å². The number of nitrogens with zero attached hydrogens (tertiary/aromatic N) is 3. The van der Waals surface area contributed by atoms with Crippen LogP contribution in [0.3, 0.4) is 0 Å². The number of methoxy groups -OCH3 is 1. The van der Waals surface area contributed by atoms with Crippen molar-refractivity contribution >= 4 is 45.6 Å². The molecule has 0 saturated carbocycles. The van der Waals surface area contributed by atoms with Crippen LogP contribution in [-0.2, 0) is 9.53 Å². The standard InChI is InChI=1S/C23H23ClFN5O3/c1-33-12-15-6-8-30(15)7-2-3-22(32)29-20-10-16-19(11-21(20)31)26-13-27-23(16)28-14-4-5-18(25)17(24)9-14/h2-5,9-11,13,15,31H,6-8,12H2,1H3,(H,29,32)(H,26,27,28). The molecule has 1 aromatic heterocycles. The Morgan fingerprint density at radius 3 is 2.94 bits per heavy atom. The Morgan fingerprint density at radius 2 is 2.21 bits per heavy atom. The van der Waals surface area contributed by atoms with E-state index in [0.29, 0.717) is 41.6 Å². The average Bonchev–Trinajstić information content (AvgIpc) is 2.77. The van der Waals surface area contributed by atoms with Gasteiger partial charge in [0.25, 0.3) is 0 Å². The molecule has 1 saturated heterocycles. The van der Waals surface area contributed by atoms with Crippen LogP contribution in [0.1, 0.15) is 6.42 Å². The number of halogens is 2. The number of phenolic OH excluding ortho intramolecular Hbond substituents is 1. The van der Waals surface area contributed by atoms with Gasteiger partial charge in [0.2, 0.25) is 5.91 Å². The summed E-state index contributed by atoms with van der Waals surface area (Å²) < 4.78 is 18.6. The number of fused-ring (bicyclic) bond motifs is 1. The number of nitrogens with one attached hydrogen (secondary N) is 2. The fourth-order valence-electron chi connectivity index (χ4n) is 3.59. The van der Waals surface area contributed by atoms with Gasteiger partial charge in [0.1, 0.15) is 23.7 Å². The van der Waals surface area contributed by atoms with E-state index in [1.165, 1.54) is 36.7 Å². The first-order valence-electron chi connectivity index (χ1n) is 10.3. The van der Waals surface area contributed by atoms with Gasteiger partial charge in [-0.05, 0) is 30.7 Å². The number of hydrogen-bond acceptors (Lipinski definition) is 7. The number of ether oxygens (including phenoxy) is 1. The van der Waals surface area contributed by atoms with Gasteiger partial charge in [0.15, 0.2) is 0 Å². The van der Waals surface area contributed by atoms with E-state index in [9.17, 15) is 14.3 Å². The molecule has 3 aromatic rings. The second-order valence-electron chi connectivity index (χ2n) is 7.65. The maximum absolute atomic E-state index is 13.5. The number of aromatic hydroxyl groups is 1. The van der Waals surface area contributed by atoms with Crippen LogP contribution in [0.15, 0.2) is 48.8 Å². The largest absolute Gasteiger partial charge is 0.506 e. The van der Waals surface area contributed by atoms with Gasteiger partial charge in [0.05, 0.1) is 22.8 Å². The highest BCUT2D eigenvalue weighted by Crippen LogP contribution is 2.33. The van der Waals surface area contributed by atoms with Crippen LogP contribution in [0.4, 0.5) is 21.6 Å². The number of likely N-dealkylation sites (tertiary alicyclic amines) is 1. The summed E-state index contributed by atoms with van der Waals surface area (Å²) in [6.45, 7) is 2.29. The van der Waals surface area contributed by atoms with Crippen molar-refractivity contribution in [1.29, 1.82) is 0 Å². The van der Waals surface area contributed by atoms with Crippen molar-refractivity contribution in [2.45, 2.75) is 12.5 Å². The summed E-state index contributed by atoms with van der Waals surface area (Å²) >= 11 is 5.86. The third-order valence-corrected chi connectivity index (χ3v) is 5.72. The maximum atomic E-state index is 13.5. The zero-order valence-corrected chi connectivity index (χ0v) is 18.6. The molecule has 1 aliphatic heterocycles. The predicted molar refractivity (Wildman–Crippen MR) is 126 cm³/mol. The molecule has 4 rings (SSSR count). The molecule has 0 bridgehead atoms. The predicted octanol–water partition coefficient (Wildman–Crippen LogP) is 4.09. The number of phenols is 1. The molecule has 1 atom stereocenters. The smallest absolute Gasteiger partial charge is 0.248 e. The second-order valence-corrected chi connectivity index (χ2v) is 8.05. The van der Waals surface area contributed by atoms with Crippen molar-refractivity contribution in [1.82, 2.24) is 14.9 Å². The fourth-order valence-corrected chi connectivity index (χ4v) is 3.77. The normalized spacial score (nSPS) is 16.2. The van der Waals surface area contributed by atoms with Gasteiger partial charge in [-0.2, -0.15) is 0 Å². The summed E-state index contributed by atoms with van der Waals surface area (Å²) in [4.78, 5) is 23.0. The lowest BCUT2D eigenvalue weighted by Gasteiger charge is -2.39. The number of rotatable bonds is 8. The van der Waals surface area contributed by atoms with Crippen molar-refractivity contribution in [3.8, 4) is 5.75 Å². The van der Waals surface area contributed by atoms with Gasteiger partial charge >= 0.3 is 0 Å². The lowest BCUT2D eigenvalue weighted by molar-refractivity contribution is -0.112. The van der Waals surface area contributed by atoms with E-state index >= 15 is 0 Å². The highest BCUT2D eigenvalue weighted by molar-refractivity contribution is 6.31. The highest BCUT2D eigenvalue weighted by atomic mass is 35.5. The van der Waals surface area contributed by atoms with Gasteiger partial charge in [-0.1, -0.05) is 17.7 Å². The van der Waals surface area contributed by atoms with Crippen molar-refractivity contribution in [2.75, 3.05) is 37.4 Å². The molecule has 172 valence electrons. The molecule has 3 N–H and O–H groups in total. The topological polar surface area (TPSA) is 99.6 Å². The molecule has 1 amide bonds. The zero-order valence-electron chi connectivity index (χ0n) is 17.9. The van der Waals surface area contributed by atoms with E-state index in [-0.39, 0.29) is 22.4 Å². The molecule has 1 aliphatic rings. The van der Waals surface area contributed by atoms with Gasteiger partial charge in [-0.3, -0.25) is 9.69 Å². The van der Waals surface area contributed by atoms with Crippen molar-refractivity contribution < 1.29 is 19.0 Å². The molecular formula is C23H23ClFN5O3. The number of anilines is 3. The first-order chi connectivity index (χ1) is 15.9. The Kier molecular flexibility index (Phi) is 7.02. The van der Waals surface area contributed by atoms with Crippen molar-refractivity contribution in [2.24, 2.45) is 0 Å². The van der Waals surface area contributed by atoms with E-state index < -0.39 is 5.82 Å². The molecule has 0 aliphatic carbocycles. The highest BCUT2D eigenvalue weighted by Gasteiger charge is 2.26. The fraction of sp³-hybridized carbons (Fsp3) is 0.261. The maximum Gasteiger partial charge on any atom is 0.248 e. The number of benzene rings is 2. The zero-order chi connectivity index (χ0) is 23.4. The van der Waals surface area contributed by atoms with E-state index in [1.807, 2.05) is 0 Å². The molecule has 33 heavy (non-hydrogen) atoms. The van der Waals surface area contributed by atoms with Gasteiger partial charge < -0.3 is 20.5 Å². The second kappa shape index (κ2) is 10.1. The van der Waals surface area contributed by atoms with E-state index in [0.717, 1.165) is 13.0 Å². The number of hydrogen-bond donors (Lipinski definition) is 3. The van der Waals surface area contributed by atoms with E-state index in [2.05, 4.69) is 25.5 Å². The Labute approximate surface area is 195 Å². The lowest BCUT2D eigenvalue weighted by Crippen LogP contribution is -2.50. The minimum atomic E-state index is -0.527. The van der Waals surface area contributed by atoms with Crippen LogP contribution in [0.25, 0.3) is 10.9 Å². The molecule has 8 nitrogen and oxygen atoms in total. The van der Waals surface area contributed by atoms with Gasteiger partial charge in [-0.25, -0.2) is 14.4 Å². The summed E-state index contributed by atoms with van der Waals surface area (Å²) in [5.74, 6) is -0.608. The Hall–Kier alpha value is -3.27. The van der Waals surface area contributed by atoms with Crippen molar-refractivity contribution in [3.63, 3.8) is 0 Å². The first kappa shape index (κ1) is 22.9. The van der Waals surface area contributed by atoms with Crippen LogP contribution in [-0.4, -0.2) is 58.7 Å². The molecule has 2 heterocycles. The number of aromatic nitrogens is 2. The molecule has 0 spiro atoms. The summed E-state index contributed by atoms with van der Waals surface area (Å²) in [7, 11) is 1.68. The number of amides is 1. The Balaban J connectivity index is 1.49. The summed E-state index contributed by atoms with van der Waals surface area (Å²) in [5.41, 5.74) is 1.21. The van der Waals surface area contributed by atoms with Gasteiger partial charge in [0, 0.05) is 49.5 Å². The molecule has 1 unspecified atom stereocenters. The monoisotopic (exact) mass is 471 g/mol. The summed E-state index contributed by atoms with van der Waals surface area (Å²) in [6, 6.07) is 7.61. The van der Waals surface area contributed by atoms with Crippen molar-refractivity contribution in [3.05, 3.63) is 59.7 Å². The van der Waals surface area contributed by atoms with Crippen LogP contribution in [0.2, 0.25) is 5.02 Å². The summed E-state index contributed by atoms with van der Waals surface area (Å²) in [6.07, 6.45) is 5.64. The van der Waals surface area contributed by atoms with Crippen LogP contribution < -0.4 is 10.6 Å². The van der Waals surface area contributed by atoms with Crippen LogP contribution >= 0.6 is 11.6 Å². The molecule has 10 heteroatoms. The molecular weight excluding hydrogens is 449 g/mol. The summed E-state index contributed by atoms with van der Waals surface area (Å²) in [5, 5.41) is 16.6. The Bertz CT molecular complexity index is 1210. The quantitative estimate of drug-likeness (QED) is 0.336. The minimum absolute atomic E-state index is 0.0255. The van der Waals surface area contributed by atoms with Crippen LogP contribution in [0.5, 0.6) is 5.75 Å². The molecule has 0 radical (unpaired) electrons. The number of carbonyl (C=O) groups is 1. The number of carbonyl (C=O) groups excluding carboxylic acids is 1. The first-order valence-corrected chi connectivity index (χ1v) is 10.7. The van der Waals surface area contributed by atoms with E-state index in [4.69, 9.17) is 16.3 Å². The average molecular weight is 472 g/mol. The van der Waals surface area contributed by atoms with E-state index in [1.54, 1.807) is 19.3 Å². The minimum Gasteiger partial charge on any atom is -0.506 e. The molecule has 1 fully saturated rings. The lowest BCUT2D eigenvalue weighted by atomic mass is 10.0. The third-order valence-electron chi connectivity index (χ3n) is 5.43. The molecule has 2 aromatic carbocycles. The Morgan fingerprint density at radius 1 is 1.36 bits per heavy atom. The third kappa shape index (κ3) is 5.39. The van der Waals surface area contributed by atoms with Gasteiger partial charge in [-0.15, -0.1) is 0 Å².